The van der Waals surface area contributed by atoms with Gasteiger partial charge in [-0.1, -0.05) is 36.4 Å². The first-order valence-corrected chi connectivity index (χ1v) is 10.3. The van der Waals surface area contributed by atoms with Crippen molar-refractivity contribution in [3.63, 3.8) is 0 Å². The molecule has 0 atom stereocenters. The number of unbranched alkanes of at least 4 members (excludes halogenated alkanes) is 2. The van der Waals surface area contributed by atoms with Crippen LogP contribution in [0, 0.1) is 0 Å². The number of hydrogen-bond acceptors (Lipinski definition) is 3. The topological polar surface area (TPSA) is 27.7 Å². The molecule has 2 rings (SSSR count). The van der Waals surface area contributed by atoms with Crippen molar-refractivity contribution in [2.75, 3.05) is 26.4 Å². The van der Waals surface area contributed by atoms with Gasteiger partial charge in [0, 0.05) is 13.2 Å². The Balaban J connectivity index is 1.53. The zero-order valence-corrected chi connectivity index (χ0v) is 16.9. The molecule has 27 heavy (non-hydrogen) atoms. The Labute approximate surface area is 164 Å². The maximum absolute atomic E-state index is 5.80. The van der Waals surface area contributed by atoms with E-state index in [1.807, 2.05) is 26.0 Å². The summed E-state index contributed by atoms with van der Waals surface area (Å²) in [5.74, 6) is 2.04. The van der Waals surface area contributed by atoms with Gasteiger partial charge in [-0.15, -0.1) is 0 Å². The first-order valence-electron chi connectivity index (χ1n) is 10.3. The highest BCUT2D eigenvalue weighted by atomic mass is 16.5. The smallest absolute Gasteiger partial charge is 0.122 e. The third kappa shape index (κ3) is 8.04. The molecule has 3 nitrogen and oxygen atoms in total. The Bertz CT molecular complexity index is 584. The molecule has 0 fully saturated rings. The highest BCUT2D eigenvalue weighted by Crippen LogP contribution is 2.21. The van der Waals surface area contributed by atoms with E-state index in [4.69, 9.17) is 14.2 Å². The Kier molecular flexibility index (Phi) is 10.4. The molecule has 0 N–H and O–H groups in total. The maximum atomic E-state index is 5.80. The fraction of sp³-hybridized carbons (Fsp3) is 0.500. The van der Waals surface area contributed by atoms with Gasteiger partial charge in [0.2, 0.25) is 0 Å². The number of para-hydroxylation sites is 2. The van der Waals surface area contributed by atoms with E-state index < -0.39 is 0 Å². The molecule has 0 spiro atoms. The van der Waals surface area contributed by atoms with Crippen LogP contribution < -0.4 is 9.47 Å². The molecule has 0 radical (unpaired) electrons. The number of hydrogen-bond donors (Lipinski definition) is 0. The second-order valence-electron chi connectivity index (χ2n) is 6.61. The van der Waals surface area contributed by atoms with E-state index in [0.29, 0.717) is 0 Å². The Hall–Kier alpha value is -2.00. The van der Waals surface area contributed by atoms with Crippen LogP contribution in [0.15, 0.2) is 48.5 Å². The summed E-state index contributed by atoms with van der Waals surface area (Å²) >= 11 is 0. The second kappa shape index (κ2) is 13.2. The molecule has 0 saturated heterocycles. The van der Waals surface area contributed by atoms with Crippen LogP contribution in [0.5, 0.6) is 11.5 Å². The molecule has 2 aromatic rings. The third-order valence-corrected chi connectivity index (χ3v) is 4.51. The van der Waals surface area contributed by atoms with E-state index >= 15 is 0 Å². The largest absolute Gasteiger partial charge is 0.494 e. The highest BCUT2D eigenvalue weighted by molar-refractivity contribution is 5.34. The molecule has 0 bridgehead atoms. The summed E-state index contributed by atoms with van der Waals surface area (Å²) < 4.78 is 17.2. The minimum absolute atomic E-state index is 0.717. The number of ether oxygens (including phenoxy) is 3. The van der Waals surface area contributed by atoms with Gasteiger partial charge in [0.05, 0.1) is 13.2 Å². The van der Waals surface area contributed by atoms with Crippen molar-refractivity contribution in [1.82, 2.24) is 0 Å². The van der Waals surface area contributed by atoms with E-state index in [1.54, 1.807) is 0 Å². The van der Waals surface area contributed by atoms with Gasteiger partial charge < -0.3 is 14.2 Å². The normalized spacial score (nSPS) is 10.7. The molecular weight excluding hydrogens is 336 g/mol. The molecular formula is C24H34O3. The standard InChI is InChI=1S/C24H34O3/c1-3-26-23-17-7-5-13-21(23)15-9-11-19-25-20-12-10-16-22-14-6-8-18-24(22)27-4-2/h5-8,13-14,17-18H,3-4,9-12,15-16,19-20H2,1-2H3. The average Bonchev–Trinajstić information content (AvgIpc) is 2.69. The van der Waals surface area contributed by atoms with Crippen LogP contribution in [-0.4, -0.2) is 26.4 Å². The minimum atomic E-state index is 0.717. The molecule has 0 aliphatic carbocycles. The van der Waals surface area contributed by atoms with Crippen LogP contribution in [-0.2, 0) is 17.6 Å². The fourth-order valence-corrected chi connectivity index (χ4v) is 3.15. The van der Waals surface area contributed by atoms with Crippen molar-refractivity contribution in [1.29, 1.82) is 0 Å². The molecule has 2 aromatic carbocycles. The number of rotatable bonds is 14. The molecule has 0 amide bonds. The zero-order valence-electron chi connectivity index (χ0n) is 16.9. The number of aryl methyl sites for hydroxylation is 2. The minimum Gasteiger partial charge on any atom is -0.494 e. The molecule has 0 aliphatic rings. The molecule has 0 saturated carbocycles. The monoisotopic (exact) mass is 370 g/mol. The van der Waals surface area contributed by atoms with Crippen molar-refractivity contribution < 1.29 is 14.2 Å². The summed E-state index contributed by atoms with van der Waals surface area (Å²) in [6.07, 6.45) is 6.54. The van der Waals surface area contributed by atoms with Gasteiger partial charge >= 0.3 is 0 Å². The summed E-state index contributed by atoms with van der Waals surface area (Å²) in [6, 6.07) is 16.7. The fourth-order valence-electron chi connectivity index (χ4n) is 3.15. The summed E-state index contributed by atoms with van der Waals surface area (Å²) in [4.78, 5) is 0. The quantitative estimate of drug-likeness (QED) is 0.391. The van der Waals surface area contributed by atoms with Gasteiger partial charge in [-0.05, 0) is 75.6 Å². The van der Waals surface area contributed by atoms with Crippen LogP contribution in [0.3, 0.4) is 0 Å². The first kappa shape index (κ1) is 21.3. The Morgan fingerprint density at radius 3 is 1.48 bits per heavy atom. The third-order valence-electron chi connectivity index (χ3n) is 4.51. The maximum Gasteiger partial charge on any atom is 0.122 e. The van der Waals surface area contributed by atoms with E-state index in [2.05, 4.69) is 36.4 Å². The molecule has 0 aliphatic heterocycles. The van der Waals surface area contributed by atoms with Crippen LogP contribution in [0.4, 0.5) is 0 Å². The van der Waals surface area contributed by atoms with Crippen molar-refractivity contribution in [3.05, 3.63) is 59.7 Å². The lowest BCUT2D eigenvalue weighted by Crippen LogP contribution is -2.01. The second-order valence-corrected chi connectivity index (χ2v) is 6.61. The molecule has 0 heterocycles. The summed E-state index contributed by atoms with van der Waals surface area (Å²) in [5, 5.41) is 0. The van der Waals surface area contributed by atoms with Crippen LogP contribution in [0.2, 0.25) is 0 Å². The molecule has 0 aromatic heterocycles. The van der Waals surface area contributed by atoms with Crippen LogP contribution in [0.1, 0.15) is 50.7 Å². The number of benzene rings is 2. The van der Waals surface area contributed by atoms with Gasteiger partial charge in [-0.25, -0.2) is 0 Å². The van der Waals surface area contributed by atoms with Crippen molar-refractivity contribution >= 4 is 0 Å². The lowest BCUT2D eigenvalue weighted by Gasteiger charge is -2.10. The van der Waals surface area contributed by atoms with Gasteiger partial charge in [0.1, 0.15) is 11.5 Å². The SMILES string of the molecule is CCOc1ccccc1CCCCOCCCCc1ccccc1OCC. The lowest BCUT2D eigenvalue weighted by molar-refractivity contribution is 0.126. The summed E-state index contributed by atoms with van der Waals surface area (Å²) in [7, 11) is 0. The molecule has 3 heteroatoms. The van der Waals surface area contributed by atoms with E-state index in [1.165, 1.54) is 11.1 Å². The van der Waals surface area contributed by atoms with Crippen molar-refractivity contribution in [2.24, 2.45) is 0 Å². The summed E-state index contributed by atoms with van der Waals surface area (Å²) in [5.41, 5.74) is 2.60. The highest BCUT2D eigenvalue weighted by Gasteiger charge is 2.03. The van der Waals surface area contributed by atoms with E-state index in [-0.39, 0.29) is 0 Å². The molecule has 0 unspecified atom stereocenters. The predicted molar refractivity (Wildman–Crippen MR) is 112 cm³/mol. The van der Waals surface area contributed by atoms with Crippen LogP contribution >= 0.6 is 0 Å². The van der Waals surface area contributed by atoms with Gasteiger partial charge in [-0.3, -0.25) is 0 Å². The summed E-state index contributed by atoms with van der Waals surface area (Å²) in [6.45, 7) is 7.17. The first-order chi connectivity index (χ1) is 13.3. The molecule has 148 valence electrons. The Morgan fingerprint density at radius 2 is 1.04 bits per heavy atom. The lowest BCUT2D eigenvalue weighted by atomic mass is 10.1. The zero-order chi connectivity index (χ0) is 19.2. The van der Waals surface area contributed by atoms with E-state index in [0.717, 1.165) is 76.5 Å². The average molecular weight is 371 g/mol. The van der Waals surface area contributed by atoms with E-state index in [9.17, 15) is 0 Å². The van der Waals surface area contributed by atoms with Crippen LogP contribution in [0.25, 0.3) is 0 Å². The predicted octanol–water partition coefficient (Wildman–Crippen LogP) is 5.85. The van der Waals surface area contributed by atoms with Crippen molar-refractivity contribution in [3.8, 4) is 11.5 Å². The van der Waals surface area contributed by atoms with Gasteiger partial charge in [0.25, 0.3) is 0 Å². The van der Waals surface area contributed by atoms with Gasteiger partial charge in [0.15, 0.2) is 0 Å². The van der Waals surface area contributed by atoms with Gasteiger partial charge in [-0.2, -0.15) is 0 Å². The van der Waals surface area contributed by atoms with Crippen molar-refractivity contribution in [2.45, 2.75) is 52.4 Å². The Morgan fingerprint density at radius 1 is 0.593 bits per heavy atom.